The number of aliphatic imine (C=N–C) groups is 1. The molecule has 0 bridgehead atoms. The van der Waals surface area contributed by atoms with Crippen LogP contribution in [0.25, 0.3) is 0 Å². The van der Waals surface area contributed by atoms with Crippen molar-refractivity contribution < 1.29 is 9.50 Å². The molecule has 8 heteroatoms. The van der Waals surface area contributed by atoms with Gasteiger partial charge in [0.25, 0.3) is 0 Å². The second-order valence-corrected chi connectivity index (χ2v) is 6.33. The van der Waals surface area contributed by atoms with Crippen LogP contribution in [0.5, 0.6) is 5.75 Å². The molecule has 142 valence electrons. The number of aryl methyl sites for hydroxylation is 1. The van der Waals surface area contributed by atoms with Crippen LogP contribution in [0.15, 0.2) is 35.6 Å². The fourth-order valence-electron chi connectivity index (χ4n) is 3.12. The highest BCUT2D eigenvalue weighted by atomic mass is 127. The number of phenols is 1. The van der Waals surface area contributed by atoms with Crippen molar-refractivity contribution >= 4 is 29.9 Å². The van der Waals surface area contributed by atoms with E-state index in [1.807, 2.05) is 24.9 Å². The Kier molecular flexibility index (Phi) is 7.24. The van der Waals surface area contributed by atoms with Gasteiger partial charge in [-0.1, -0.05) is 6.07 Å². The Balaban J connectivity index is 0.00000243. The predicted molar refractivity (Wildman–Crippen MR) is 110 cm³/mol. The van der Waals surface area contributed by atoms with Gasteiger partial charge >= 0.3 is 0 Å². The standard InChI is InChI=1S/C18H24FN5O.HI/c1-3-20-18(21-9-13-4-5-17(25)16(19)8-13)24-7-6-14(12-24)15-10-22-23(2)11-15;/h4-5,8,10-11,14,25H,3,6-7,9,12H2,1-2H3,(H,20,21);1H. The van der Waals surface area contributed by atoms with Gasteiger partial charge in [-0.25, -0.2) is 9.38 Å². The lowest BCUT2D eigenvalue weighted by molar-refractivity contribution is 0.432. The molecule has 1 saturated heterocycles. The van der Waals surface area contributed by atoms with Crippen molar-refractivity contribution in [3.63, 3.8) is 0 Å². The van der Waals surface area contributed by atoms with Crippen molar-refractivity contribution in [3.8, 4) is 5.75 Å². The van der Waals surface area contributed by atoms with Crippen molar-refractivity contribution in [3.05, 3.63) is 47.5 Å². The summed E-state index contributed by atoms with van der Waals surface area (Å²) in [6.45, 7) is 4.99. The molecule has 1 fully saturated rings. The van der Waals surface area contributed by atoms with Gasteiger partial charge in [0, 0.05) is 38.8 Å². The molecule has 1 aromatic heterocycles. The van der Waals surface area contributed by atoms with E-state index in [1.165, 1.54) is 17.7 Å². The second-order valence-electron chi connectivity index (χ2n) is 6.33. The fourth-order valence-corrected chi connectivity index (χ4v) is 3.12. The van der Waals surface area contributed by atoms with Crippen LogP contribution in [0.3, 0.4) is 0 Å². The number of hydrogen-bond acceptors (Lipinski definition) is 3. The maximum atomic E-state index is 13.5. The molecule has 3 rings (SSSR count). The highest BCUT2D eigenvalue weighted by molar-refractivity contribution is 14.0. The number of likely N-dealkylation sites (tertiary alicyclic amines) is 1. The Hall–Kier alpha value is -1.84. The molecule has 6 nitrogen and oxygen atoms in total. The summed E-state index contributed by atoms with van der Waals surface area (Å²) < 4.78 is 15.3. The molecule has 0 spiro atoms. The second kappa shape index (κ2) is 9.20. The van der Waals surface area contributed by atoms with Crippen molar-refractivity contribution in [1.82, 2.24) is 20.0 Å². The molecule has 1 aromatic carbocycles. The van der Waals surface area contributed by atoms with Crippen LogP contribution < -0.4 is 5.32 Å². The minimum absolute atomic E-state index is 0. The van der Waals surface area contributed by atoms with Gasteiger partial charge in [0.1, 0.15) is 0 Å². The SMILES string of the molecule is CCNC(=NCc1ccc(O)c(F)c1)N1CCC(c2cnn(C)c2)C1.I. The lowest BCUT2D eigenvalue weighted by atomic mass is 10.0. The van der Waals surface area contributed by atoms with Crippen molar-refractivity contribution in [2.24, 2.45) is 12.0 Å². The average molecular weight is 473 g/mol. The predicted octanol–water partition coefficient (Wildman–Crippen LogP) is 2.84. The molecule has 1 atom stereocenters. The smallest absolute Gasteiger partial charge is 0.194 e. The number of nitrogens with one attached hydrogen (secondary N) is 1. The Labute approximate surface area is 170 Å². The van der Waals surface area contributed by atoms with Gasteiger partial charge < -0.3 is 15.3 Å². The Bertz CT molecular complexity index is 764. The number of hydrogen-bond donors (Lipinski definition) is 2. The Morgan fingerprint density at radius 2 is 2.27 bits per heavy atom. The van der Waals surface area contributed by atoms with Crippen molar-refractivity contribution in [2.75, 3.05) is 19.6 Å². The average Bonchev–Trinajstić information content (AvgIpc) is 3.23. The lowest BCUT2D eigenvalue weighted by Gasteiger charge is -2.21. The van der Waals surface area contributed by atoms with Crippen LogP contribution in [0.2, 0.25) is 0 Å². The molecule has 26 heavy (non-hydrogen) atoms. The van der Waals surface area contributed by atoms with E-state index >= 15 is 0 Å². The largest absolute Gasteiger partial charge is 0.505 e. The molecular weight excluding hydrogens is 448 g/mol. The molecule has 0 radical (unpaired) electrons. The number of benzene rings is 1. The number of aromatic nitrogens is 2. The third-order valence-corrected chi connectivity index (χ3v) is 4.44. The van der Waals surface area contributed by atoms with Crippen LogP contribution >= 0.6 is 24.0 Å². The van der Waals surface area contributed by atoms with E-state index in [0.29, 0.717) is 12.5 Å². The van der Waals surface area contributed by atoms with E-state index in [4.69, 9.17) is 0 Å². The van der Waals surface area contributed by atoms with Gasteiger partial charge in [0.15, 0.2) is 17.5 Å². The molecule has 1 aliphatic rings. The third-order valence-electron chi connectivity index (χ3n) is 4.44. The molecular formula is C18H25FIN5O. The first-order valence-corrected chi connectivity index (χ1v) is 8.56. The van der Waals surface area contributed by atoms with Crippen LogP contribution in [0, 0.1) is 5.82 Å². The molecule has 2 heterocycles. The molecule has 2 N–H and O–H groups in total. The summed E-state index contributed by atoms with van der Waals surface area (Å²) in [5.74, 6) is 0.333. The fraction of sp³-hybridized carbons (Fsp3) is 0.444. The summed E-state index contributed by atoms with van der Waals surface area (Å²) in [6.07, 6.45) is 5.05. The number of aromatic hydroxyl groups is 1. The first-order valence-electron chi connectivity index (χ1n) is 8.56. The monoisotopic (exact) mass is 473 g/mol. The highest BCUT2D eigenvalue weighted by Gasteiger charge is 2.26. The number of phenolic OH excluding ortho intramolecular Hbond substituents is 1. The lowest BCUT2D eigenvalue weighted by Crippen LogP contribution is -2.40. The van der Waals surface area contributed by atoms with Gasteiger partial charge in [-0.3, -0.25) is 4.68 Å². The van der Waals surface area contributed by atoms with Crippen LogP contribution in [0.1, 0.15) is 30.4 Å². The Morgan fingerprint density at radius 1 is 1.46 bits per heavy atom. The maximum Gasteiger partial charge on any atom is 0.194 e. The van der Waals surface area contributed by atoms with Crippen LogP contribution in [0.4, 0.5) is 4.39 Å². The van der Waals surface area contributed by atoms with E-state index in [9.17, 15) is 9.50 Å². The van der Waals surface area contributed by atoms with Gasteiger partial charge in [-0.2, -0.15) is 5.10 Å². The molecule has 1 unspecified atom stereocenters. The first kappa shape index (κ1) is 20.5. The number of nitrogens with zero attached hydrogens (tertiary/aromatic N) is 4. The zero-order valence-corrected chi connectivity index (χ0v) is 17.4. The zero-order valence-electron chi connectivity index (χ0n) is 15.0. The van der Waals surface area contributed by atoms with Crippen molar-refractivity contribution in [1.29, 1.82) is 0 Å². The molecule has 0 saturated carbocycles. The minimum Gasteiger partial charge on any atom is -0.505 e. The normalized spacial score (nSPS) is 17.3. The van der Waals surface area contributed by atoms with E-state index in [1.54, 1.807) is 6.07 Å². The van der Waals surface area contributed by atoms with Gasteiger partial charge in [-0.15, -0.1) is 24.0 Å². The van der Waals surface area contributed by atoms with Crippen molar-refractivity contribution in [2.45, 2.75) is 25.8 Å². The van der Waals surface area contributed by atoms with Crippen LogP contribution in [-0.2, 0) is 13.6 Å². The Morgan fingerprint density at radius 3 is 2.92 bits per heavy atom. The van der Waals surface area contributed by atoms with Gasteiger partial charge in [0.2, 0.25) is 0 Å². The topological polar surface area (TPSA) is 65.7 Å². The summed E-state index contributed by atoms with van der Waals surface area (Å²) in [6, 6.07) is 4.38. The summed E-state index contributed by atoms with van der Waals surface area (Å²) in [5.41, 5.74) is 1.98. The van der Waals surface area contributed by atoms with Crippen LogP contribution in [-0.4, -0.2) is 45.4 Å². The number of rotatable bonds is 4. The summed E-state index contributed by atoms with van der Waals surface area (Å²) in [7, 11) is 1.93. The highest BCUT2D eigenvalue weighted by Crippen LogP contribution is 2.26. The first-order chi connectivity index (χ1) is 12.1. The molecule has 2 aromatic rings. The van der Waals surface area contributed by atoms with Gasteiger partial charge in [-0.05, 0) is 36.6 Å². The summed E-state index contributed by atoms with van der Waals surface area (Å²) in [5, 5.41) is 16.8. The minimum atomic E-state index is -0.615. The maximum absolute atomic E-state index is 13.5. The number of guanidine groups is 1. The zero-order chi connectivity index (χ0) is 17.8. The summed E-state index contributed by atoms with van der Waals surface area (Å²) >= 11 is 0. The number of halogens is 2. The third kappa shape index (κ3) is 4.87. The summed E-state index contributed by atoms with van der Waals surface area (Å²) in [4.78, 5) is 6.87. The van der Waals surface area contributed by atoms with E-state index in [2.05, 4.69) is 26.5 Å². The molecule has 1 aliphatic heterocycles. The molecule has 0 aliphatic carbocycles. The van der Waals surface area contributed by atoms with E-state index < -0.39 is 5.82 Å². The van der Waals surface area contributed by atoms with E-state index in [0.717, 1.165) is 37.6 Å². The quantitative estimate of drug-likeness (QED) is 0.408. The van der Waals surface area contributed by atoms with E-state index in [-0.39, 0.29) is 29.7 Å². The molecule has 0 amide bonds. The van der Waals surface area contributed by atoms with Gasteiger partial charge in [0.05, 0.1) is 12.7 Å².